The molecule has 7 heteroatoms. The van der Waals surface area contributed by atoms with E-state index in [1.807, 2.05) is 30.9 Å². The molecule has 0 amide bonds. The number of ether oxygens (including phenoxy) is 2. The van der Waals surface area contributed by atoms with Gasteiger partial charge in [0.25, 0.3) is 0 Å². The first-order valence-corrected chi connectivity index (χ1v) is 21.7. The van der Waals surface area contributed by atoms with Gasteiger partial charge < -0.3 is 19.2 Å². The average Bonchev–Trinajstić information content (AvgIpc) is 3.13. The Hall–Kier alpha value is -1.99. The molecule has 0 aliphatic rings. The lowest BCUT2D eigenvalue weighted by Gasteiger charge is -2.16. The highest BCUT2D eigenvalue weighted by atomic mass is 16.5. The Labute approximate surface area is 323 Å². The third-order valence-electron chi connectivity index (χ3n) is 9.16. The first-order chi connectivity index (χ1) is 25.4. The van der Waals surface area contributed by atoms with E-state index >= 15 is 0 Å². The van der Waals surface area contributed by atoms with Crippen molar-refractivity contribution >= 4 is 18.2 Å². The van der Waals surface area contributed by atoms with Crippen molar-refractivity contribution in [2.75, 3.05) is 47.6 Å². The van der Waals surface area contributed by atoms with Gasteiger partial charge in [0.15, 0.2) is 0 Å². The monoisotopic (exact) mass is 735 g/mol. The molecule has 52 heavy (non-hydrogen) atoms. The minimum absolute atomic E-state index is 0.123. The molecule has 0 aromatic carbocycles. The van der Waals surface area contributed by atoms with Crippen LogP contribution in [0.1, 0.15) is 200 Å². The Balaban J connectivity index is 0. The molecule has 0 saturated heterocycles. The summed E-state index contributed by atoms with van der Waals surface area (Å²) in [7, 11) is 5.78. The van der Waals surface area contributed by atoms with Crippen LogP contribution < -0.4 is 0 Å². The molecular formula is C45H86N2O5. The zero-order valence-corrected chi connectivity index (χ0v) is 35.2. The van der Waals surface area contributed by atoms with Crippen molar-refractivity contribution in [2.45, 2.75) is 200 Å². The third kappa shape index (κ3) is 48.0. The lowest BCUT2D eigenvalue weighted by Crippen LogP contribution is -2.28. The van der Waals surface area contributed by atoms with E-state index in [0.717, 1.165) is 38.5 Å². The van der Waals surface area contributed by atoms with Crippen molar-refractivity contribution in [3.63, 3.8) is 0 Å². The fourth-order valence-electron chi connectivity index (χ4n) is 5.70. The molecular weight excluding hydrogens is 649 g/mol. The molecule has 0 aliphatic carbocycles. The Morgan fingerprint density at radius 1 is 0.462 bits per heavy atom. The van der Waals surface area contributed by atoms with Crippen LogP contribution >= 0.6 is 0 Å². The smallest absolute Gasteiger partial charge is 0.307 e. The minimum Gasteiger partial charge on any atom is -0.464 e. The van der Waals surface area contributed by atoms with E-state index < -0.39 is 0 Å². The normalized spacial score (nSPS) is 11.4. The Kier molecular flexibility index (Phi) is 45.3. The topological polar surface area (TPSA) is 76.2 Å². The summed E-state index contributed by atoms with van der Waals surface area (Å²) in [6, 6.07) is 0. The number of likely N-dealkylation sites (N-methyl/N-ethyl adjacent to an activating group) is 1. The van der Waals surface area contributed by atoms with Crippen molar-refractivity contribution in [3.05, 3.63) is 24.3 Å². The Morgan fingerprint density at radius 3 is 1.19 bits per heavy atom. The fourth-order valence-corrected chi connectivity index (χ4v) is 5.70. The largest absolute Gasteiger partial charge is 0.464 e. The van der Waals surface area contributed by atoms with Crippen LogP contribution in [0.25, 0.3) is 0 Å². The number of esters is 2. The summed E-state index contributed by atoms with van der Waals surface area (Å²) in [6.07, 6.45) is 44.4. The highest BCUT2D eigenvalue weighted by Gasteiger charge is 2.07. The lowest BCUT2D eigenvalue weighted by atomic mass is 10.1. The Bertz CT molecular complexity index is 814. The van der Waals surface area contributed by atoms with Gasteiger partial charge in [0, 0.05) is 32.4 Å². The van der Waals surface area contributed by atoms with Crippen molar-refractivity contribution in [1.29, 1.82) is 0 Å². The predicted molar refractivity (Wildman–Crippen MR) is 223 cm³/mol. The second kappa shape index (κ2) is 45.2. The van der Waals surface area contributed by atoms with Gasteiger partial charge in [-0.05, 0) is 85.4 Å². The predicted octanol–water partition coefficient (Wildman–Crippen LogP) is 12.2. The summed E-state index contributed by atoms with van der Waals surface area (Å²) in [6.45, 7) is 6.55. The number of hydrogen-bond donors (Lipinski definition) is 0. The summed E-state index contributed by atoms with van der Waals surface area (Å²) in [5.74, 6) is -0.261. The molecule has 0 radical (unpaired) electrons. The average molecular weight is 735 g/mol. The first kappa shape index (κ1) is 52.1. The molecule has 0 atom stereocenters. The molecule has 0 heterocycles. The number of allylic oxidation sites excluding steroid dienone is 4. The number of carbonyl (C=O) groups excluding carboxylic acids is 3. The molecule has 0 spiro atoms. The van der Waals surface area contributed by atoms with E-state index in [2.05, 4.69) is 38.2 Å². The number of unbranched alkanes of at least 4 members (excludes halogenated alkanes) is 22. The molecule has 0 saturated carbocycles. The van der Waals surface area contributed by atoms with Gasteiger partial charge in [-0.25, -0.2) is 0 Å². The first-order valence-electron chi connectivity index (χ1n) is 21.7. The summed E-state index contributed by atoms with van der Waals surface area (Å²) >= 11 is 0. The molecule has 0 N–H and O–H groups in total. The molecule has 0 aromatic rings. The van der Waals surface area contributed by atoms with Crippen LogP contribution in [0.15, 0.2) is 24.3 Å². The van der Waals surface area contributed by atoms with E-state index in [9.17, 15) is 14.4 Å². The second-order valence-corrected chi connectivity index (χ2v) is 14.9. The number of nitrogens with zero attached hydrogens (tertiary/aromatic N) is 2. The van der Waals surface area contributed by atoms with E-state index in [4.69, 9.17) is 9.47 Å². The van der Waals surface area contributed by atoms with Crippen molar-refractivity contribution < 1.29 is 23.9 Å². The third-order valence-corrected chi connectivity index (χ3v) is 9.16. The van der Waals surface area contributed by atoms with Crippen LogP contribution in [0.4, 0.5) is 0 Å². The maximum atomic E-state index is 12.0. The Morgan fingerprint density at radius 2 is 0.827 bits per heavy atom. The van der Waals surface area contributed by atoms with Crippen molar-refractivity contribution in [3.8, 4) is 0 Å². The van der Waals surface area contributed by atoms with Crippen LogP contribution in [0.3, 0.4) is 0 Å². The van der Waals surface area contributed by atoms with Gasteiger partial charge in [-0.1, -0.05) is 141 Å². The van der Waals surface area contributed by atoms with E-state index in [1.54, 1.807) is 0 Å². The van der Waals surface area contributed by atoms with Gasteiger partial charge in [0.1, 0.15) is 19.6 Å². The molecule has 0 unspecified atom stereocenters. The fraction of sp³-hybridized carbons (Fsp3) is 0.844. The molecule has 0 aliphatic heterocycles. The number of rotatable bonds is 38. The number of hydrogen-bond acceptors (Lipinski definition) is 7. The van der Waals surface area contributed by atoms with Gasteiger partial charge >= 0.3 is 11.9 Å². The quantitative estimate of drug-likeness (QED) is 0.0205. The van der Waals surface area contributed by atoms with Crippen LogP contribution in [0, 0.1) is 0 Å². The number of aldehydes is 1. The van der Waals surface area contributed by atoms with Crippen LogP contribution in [-0.2, 0) is 23.9 Å². The van der Waals surface area contributed by atoms with Crippen LogP contribution in [0.2, 0.25) is 0 Å². The molecule has 0 bridgehead atoms. The van der Waals surface area contributed by atoms with Gasteiger partial charge in [-0.15, -0.1) is 0 Å². The SMILES string of the molecule is CCCCCCCC/C=C\CCCCCCCC(=O)OCCN(C)COC(=O)CCCCCCC/C=C\CCCCCCCC.CN(C)CCC=O. The van der Waals surface area contributed by atoms with Gasteiger partial charge in [-0.3, -0.25) is 14.5 Å². The van der Waals surface area contributed by atoms with Gasteiger partial charge in [-0.2, -0.15) is 0 Å². The minimum atomic E-state index is -0.138. The maximum absolute atomic E-state index is 12.0. The zero-order chi connectivity index (χ0) is 38.6. The summed E-state index contributed by atoms with van der Waals surface area (Å²) < 4.78 is 10.7. The van der Waals surface area contributed by atoms with E-state index in [1.165, 1.54) is 141 Å². The summed E-state index contributed by atoms with van der Waals surface area (Å²) in [5.41, 5.74) is 0. The van der Waals surface area contributed by atoms with Crippen molar-refractivity contribution in [2.24, 2.45) is 0 Å². The van der Waals surface area contributed by atoms with E-state index in [0.29, 0.717) is 32.4 Å². The molecule has 0 fully saturated rings. The number of carbonyl (C=O) groups is 3. The highest BCUT2D eigenvalue weighted by Crippen LogP contribution is 2.12. The maximum Gasteiger partial charge on any atom is 0.307 e. The van der Waals surface area contributed by atoms with Crippen molar-refractivity contribution in [1.82, 2.24) is 9.80 Å². The second-order valence-electron chi connectivity index (χ2n) is 14.9. The van der Waals surface area contributed by atoms with Gasteiger partial charge in [0.05, 0.1) is 0 Å². The van der Waals surface area contributed by atoms with Crippen LogP contribution in [0.5, 0.6) is 0 Å². The standard InChI is InChI=1S/C40H75NO4.C5H11NO/c1-4-6-8-10-12-14-16-18-20-22-24-26-28-30-32-34-39(42)44-37-36-41(3)38-45-40(43)35-33-31-29-27-25-23-21-19-17-15-13-11-9-7-5-2;1-6(2)4-3-5-7/h18-21H,4-17,22-38H2,1-3H3;5H,3-4H2,1-2H3/b20-18-,21-19-;. The summed E-state index contributed by atoms with van der Waals surface area (Å²) in [5, 5.41) is 0. The van der Waals surface area contributed by atoms with E-state index in [-0.39, 0.29) is 18.7 Å². The molecule has 0 aromatic heterocycles. The van der Waals surface area contributed by atoms with Crippen LogP contribution in [-0.4, -0.2) is 75.6 Å². The molecule has 7 nitrogen and oxygen atoms in total. The molecule has 306 valence electrons. The van der Waals surface area contributed by atoms with Gasteiger partial charge in [0.2, 0.25) is 0 Å². The summed E-state index contributed by atoms with van der Waals surface area (Å²) in [4.78, 5) is 37.6. The highest BCUT2D eigenvalue weighted by molar-refractivity contribution is 5.69. The lowest BCUT2D eigenvalue weighted by molar-refractivity contribution is -0.150. The zero-order valence-electron chi connectivity index (χ0n) is 35.2. The molecule has 0 rings (SSSR count).